The minimum atomic E-state index is -4.64. The molecule has 2 unspecified atom stereocenters. The van der Waals surface area contributed by atoms with E-state index in [0.29, 0.717) is 17.4 Å². The van der Waals surface area contributed by atoms with E-state index in [2.05, 4.69) is 86.8 Å². The fourth-order valence-electron chi connectivity index (χ4n) is 7.80. The highest BCUT2D eigenvalue weighted by atomic mass is 31.2. The van der Waals surface area contributed by atoms with Crippen LogP contribution in [0.3, 0.4) is 0 Å². The molecule has 406 valence electrons. The quantitative estimate of drug-likeness (QED) is 0.0195. The molecule has 0 amide bonds. The van der Waals surface area contributed by atoms with Crippen molar-refractivity contribution in [3.05, 3.63) is 72.9 Å². The van der Waals surface area contributed by atoms with Crippen molar-refractivity contribution in [2.24, 2.45) is 0 Å². The molecule has 0 spiro atoms. The molecule has 0 fully saturated rings. The highest BCUT2D eigenvalue weighted by molar-refractivity contribution is 7.45. The first-order valence-corrected chi connectivity index (χ1v) is 30.1. The Morgan fingerprint density at radius 1 is 0.457 bits per heavy atom. The third-order valence-electron chi connectivity index (χ3n) is 12.2. The number of ether oxygens (including phenoxy) is 2. The van der Waals surface area contributed by atoms with Gasteiger partial charge in [-0.15, -0.1) is 0 Å². The normalized spacial score (nSPS) is 13.9. The van der Waals surface area contributed by atoms with E-state index in [1.165, 1.54) is 122 Å². The van der Waals surface area contributed by atoms with E-state index in [-0.39, 0.29) is 32.0 Å². The molecular weight excluding hydrogens is 894 g/mol. The lowest BCUT2D eigenvalue weighted by Gasteiger charge is -2.28. The summed E-state index contributed by atoms with van der Waals surface area (Å²) in [5.41, 5.74) is 0. The molecule has 0 heterocycles. The number of likely N-dealkylation sites (N-methyl/N-ethyl adjacent to an activating group) is 1. The van der Waals surface area contributed by atoms with Crippen molar-refractivity contribution in [2.45, 2.75) is 251 Å². The Hall–Kier alpha value is -2.55. The lowest BCUT2D eigenvalue weighted by Crippen LogP contribution is -2.37. The standard InChI is InChI=1S/C60H108NO8P/c1-6-8-10-12-14-16-18-20-22-24-26-27-28-29-30-31-32-33-35-36-38-40-42-44-46-48-50-52-59(62)66-56-58(57-68-70(64,65)67-55-54-61(3,4)5)69-60(63)53-51-49-47-45-43-41-39-37-34-25-23-21-19-17-15-13-11-9-7-2/h9,11,15,17-18,20-21,23-24,26,34,37,58H,6-8,10,12-14,16,19,22,25,27-33,35-36,38-57H2,1-5H3/b11-9-,17-15-,20-18-,23-21-,26-24-,37-34-. The van der Waals surface area contributed by atoms with Gasteiger partial charge in [0.05, 0.1) is 27.7 Å². The molecule has 0 aliphatic rings. The molecule has 10 heteroatoms. The lowest BCUT2D eigenvalue weighted by molar-refractivity contribution is -0.870. The maximum absolute atomic E-state index is 12.8. The number of quaternary nitrogens is 1. The lowest BCUT2D eigenvalue weighted by atomic mass is 10.0. The Balaban J connectivity index is 4.16. The second-order valence-corrected chi connectivity index (χ2v) is 21.7. The number of unbranched alkanes of at least 4 members (excludes halogenated alkanes) is 26. The number of esters is 2. The van der Waals surface area contributed by atoms with Crippen LogP contribution in [0.25, 0.3) is 0 Å². The maximum atomic E-state index is 12.8. The molecule has 2 atom stereocenters. The Morgan fingerprint density at radius 3 is 1.21 bits per heavy atom. The number of nitrogens with zero attached hydrogens (tertiary/aromatic N) is 1. The second kappa shape index (κ2) is 51.4. The first kappa shape index (κ1) is 67.5. The Kier molecular flexibility index (Phi) is 49.5. The largest absolute Gasteiger partial charge is 0.756 e. The van der Waals surface area contributed by atoms with E-state index in [0.717, 1.165) is 89.9 Å². The SMILES string of the molecule is CC/C=C\C/C=C\C/C=C\C/C=C\CCCCCCCCC(=O)OC(COC(=O)CCCCCCCCCCCCCCCCC/C=C\C/C=C\CCCCCCC)COP(=O)([O-])OCC[N+](C)(C)C. The molecule has 9 nitrogen and oxygen atoms in total. The smallest absolute Gasteiger partial charge is 0.306 e. The summed E-state index contributed by atoms with van der Waals surface area (Å²) in [4.78, 5) is 37.8. The molecule has 0 aromatic rings. The van der Waals surface area contributed by atoms with Crippen molar-refractivity contribution < 1.29 is 42.1 Å². The molecule has 0 bridgehead atoms. The monoisotopic (exact) mass is 1000 g/mol. The molecule has 0 aliphatic heterocycles. The minimum Gasteiger partial charge on any atom is -0.756 e. The van der Waals surface area contributed by atoms with E-state index >= 15 is 0 Å². The van der Waals surface area contributed by atoms with Crippen LogP contribution < -0.4 is 4.89 Å². The van der Waals surface area contributed by atoms with Gasteiger partial charge in [-0.2, -0.15) is 0 Å². The van der Waals surface area contributed by atoms with Gasteiger partial charge in [-0.05, 0) is 83.5 Å². The van der Waals surface area contributed by atoms with Crippen LogP contribution >= 0.6 is 7.82 Å². The van der Waals surface area contributed by atoms with E-state index in [9.17, 15) is 19.0 Å². The van der Waals surface area contributed by atoms with Crippen LogP contribution in [0.4, 0.5) is 0 Å². The van der Waals surface area contributed by atoms with Crippen molar-refractivity contribution in [1.82, 2.24) is 0 Å². The molecule has 0 N–H and O–H groups in total. The number of hydrogen-bond acceptors (Lipinski definition) is 8. The predicted molar refractivity (Wildman–Crippen MR) is 296 cm³/mol. The van der Waals surface area contributed by atoms with Crippen LogP contribution in [0.2, 0.25) is 0 Å². The first-order chi connectivity index (χ1) is 34.0. The van der Waals surface area contributed by atoms with Gasteiger partial charge in [0.15, 0.2) is 6.10 Å². The Labute approximate surface area is 431 Å². The first-order valence-electron chi connectivity index (χ1n) is 28.6. The molecule has 0 radical (unpaired) electrons. The number of hydrogen-bond donors (Lipinski definition) is 0. The van der Waals surface area contributed by atoms with Crippen LogP contribution in [0, 0.1) is 0 Å². The van der Waals surface area contributed by atoms with Crippen molar-refractivity contribution in [3.8, 4) is 0 Å². The summed E-state index contributed by atoms with van der Waals surface area (Å²) >= 11 is 0. The van der Waals surface area contributed by atoms with Gasteiger partial charge < -0.3 is 27.9 Å². The van der Waals surface area contributed by atoms with Gasteiger partial charge in [0.1, 0.15) is 19.8 Å². The van der Waals surface area contributed by atoms with Gasteiger partial charge >= 0.3 is 11.9 Å². The molecule has 0 aliphatic carbocycles. The third kappa shape index (κ3) is 54.8. The summed E-state index contributed by atoms with van der Waals surface area (Å²) in [6, 6.07) is 0. The second-order valence-electron chi connectivity index (χ2n) is 20.3. The maximum Gasteiger partial charge on any atom is 0.306 e. The molecule has 0 rings (SSSR count). The van der Waals surface area contributed by atoms with E-state index < -0.39 is 26.5 Å². The highest BCUT2D eigenvalue weighted by Gasteiger charge is 2.21. The van der Waals surface area contributed by atoms with E-state index in [1.807, 2.05) is 21.1 Å². The summed E-state index contributed by atoms with van der Waals surface area (Å²) in [6.07, 6.45) is 66.6. The summed E-state index contributed by atoms with van der Waals surface area (Å²) in [6.45, 7) is 4.11. The highest BCUT2D eigenvalue weighted by Crippen LogP contribution is 2.38. The number of rotatable bonds is 52. The van der Waals surface area contributed by atoms with Gasteiger partial charge in [-0.3, -0.25) is 14.2 Å². The summed E-state index contributed by atoms with van der Waals surface area (Å²) in [5.74, 6) is -0.847. The predicted octanol–water partition coefficient (Wildman–Crippen LogP) is 17.1. The number of phosphoric acid groups is 1. The molecular formula is C60H108NO8P. The number of carbonyl (C=O) groups is 2. The Bertz CT molecular complexity index is 1410. The Morgan fingerprint density at radius 2 is 0.814 bits per heavy atom. The van der Waals surface area contributed by atoms with Crippen LogP contribution in [0.5, 0.6) is 0 Å². The summed E-state index contributed by atoms with van der Waals surface area (Å²) in [5, 5.41) is 0. The topological polar surface area (TPSA) is 111 Å². The number of phosphoric ester groups is 1. The molecule has 0 aromatic heterocycles. The van der Waals surface area contributed by atoms with Crippen LogP contribution in [-0.2, 0) is 32.7 Å². The van der Waals surface area contributed by atoms with Crippen LogP contribution in [-0.4, -0.2) is 70.0 Å². The summed E-state index contributed by atoms with van der Waals surface area (Å²) in [7, 11) is 1.15. The minimum absolute atomic E-state index is 0.0363. The fourth-order valence-corrected chi connectivity index (χ4v) is 8.52. The number of allylic oxidation sites excluding steroid dienone is 12. The van der Waals surface area contributed by atoms with E-state index in [4.69, 9.17) is 18.5 Å². The zero-order valence-electron chi connectivity index (χ0n) is 46.0. The van der Waals surface area contributed by atoms with Crippen molar-refractivity contribution in [2.75, 3.05) is 47.5 Å². The average Bonchev–Trinajstić information content (AvgIpc) is 3.32. The van der Waals surface area contributed by atoms with Crippen molar-refractivity contribution in [1.29, 1.82) is 0 Å². The average molecular weight is 1000 g/mol. The van der Waals surface area contributed by atoms with Crippen LogP contribution in [0.15, 0.2) is 72.9 Å². The summed E-state index contributed by atoms with van der Waals surface area (Å²) < 4.78 is 34.1. The van der Waals surface area contributed by atoms with Gasteiger partial charge in [-0.1, -0.05) is 222 Å². The third-order valence-corrected chi connectivity index (χ3v) is 13.2. The molecule has 70 heavy (non-hydrogen) atoms. The molecule has 0 saturated carbocycles. The van der Waals surface area contributed by atoms with Crippen LogP contribution in [0.1, 0.15) is 245 Å². The van der Waals surface area contributed by atoms with Gasteiger partial charge in [0.25, 0.3) is 7.82 Å². The van der Waals surface area contributed by atoms with E-state index in [1.54, 1.807) is 0 Å². The zero-order chi connectivity index (χ0) is 51.3. The molecule has 0 aromatic carbocycles. The fraction of sp³-hybridized carbons (Fsp3) is 0.767. The van der Waals surface area contributed by atoms with Gasteiger partial charge in [-0.25, -0.2) is 0 Å². The van der Waals surface area contributed by atoms with Gasteiger partial charge in [0.2, 0.25) is 0 Å². The van der Waals surface area contributed by atoms with Crippen molar-refractivity contribution in [3.63, 3.8) is 0 Å². The molecule has 0 saturated heterocycles. The van der Waals surface area contributed by atoms with Gasteiger partial charge in [0, 0.05) is 12.8 Å². The van der Waals surface area contributed by atoms with Crippen molar-refractivity contribution >= 4 is 19.8 Å². The number of carbonyl (C=O) groups excluding carboxylic acids is 2. The zero-order valence-corrected chi connectivity index (χ0v) is 46.8.